The maximum Gasteiger partial charge on any atom is 0.261 e. The third-order valence-corrected chi connectivity index (χ3v) is 2.15. The molecule has 0 aliphatic heterocycles. The summed E-state index contributed by atoms with van der Waals surface area (Å²) in [5.41, 5.74) is -0.494. The van der Waals surface area contributed by atoms with Crippen molar-refractivity contribution in [3.8, 4) is 0 Å². The van der Waals surface area contributed by atoms with Gasteiger partial charge in [0.2, 0.25) is 11.9 Å². The van der Waals surface area contributed by atoms with Crippen LogP contribution in [-0.4, -0.2) is 20.9 Å². The highest BCUT2D eigenvalue weighted by Gasteiger charge is 2.16. The van der Waals surface area contributed by atoms with Crippen LogP contribution in [0.5, 0.6) is 0 Å². The molecule has 18 heavy (non-hydrogen) atoms. The molecule has 0 unspecified atom stereocenters. The minimum Gasteiger partial charge on any atom is -0.290 e. The van der Waals surface area contributed by atoms with Crippen LogP contribution in [0.25, 0.3) is 0 Å². The van der Waals surface area contributed by atoms with Crippen molar-refractivity contribution in [3.05, 3.63) is 47.0 Å². The van der Waals surface area contributed by atoms with Gasteiger partial charge in [0, 0.05) is 12.4 Å². The van der Waals surface area contributed by atoms with Crippen molar-refractivity contribution in [2.24, 2.45) is 0 Å². The zero-order valence-corrected chi connectivity index (χ0v) is 9.45. The van der Waals surface area contributed by atoms with Gasteiger partial charge in [-0.2, -0.15) is 4.39 Å². The maximum absolute atomic E-state index is 13.3. The predicted octanol–water partition coefficient (Wildman–Crippen LogP) is 2.06. The molecule has 1 amide bonds. The predicted molar refractivity (Wildman–Crippen MR) is 59.1 cm³/mol. The molecular formula is C10H5ClF2N4O. The van der Waals surface area contributed by atoms with E-state index in [2.05, 4.69) is 20.3 Å². The highest BCUT2D eigenvalue weighted by Crippen LogP contribution is 2.11. The third-order valence-electron chi connectivity index (χ3n) is 1.94. The molecule has 92 valence electrons. The Labute approximate surface area is 105 Å². The van der Waals surface area contributed by atoms with E-state index in [0.717, 1.165) is 12.3 Å². The first-order valence-electron chi connectivity index (χ1n) is 4.68. The summed E-state index contributed by atoms with van der Waals surface area (Å²) < 4.78 is 26.1. The Morgan fingerprint density at radius 2 is 1.94 bits per heavy atom. The molecule has 0 saturated heterocycles. The second kappa shape index (κ2) is 5.01. The van der Waals surface area contributed by atoms with E-state index >= 15 is 0 Å². The number of carbonyl (C=O) groups is 1. The lowest BCUT2D eigenvalue weighted by Gasteiger charge is -2.04. The van der Waals surface area contributed by atoms with E-state index < -0.39 is 23.2 Å². The van der Waals surface area contributed by atoms with Gasteiger partial charge in [-0.25, -0.2) is 19.3 Å². The van der Waals surface area contributed by atoms with Gasteiger partial charge in [0.15, 0.2) is 5.82 Å². The van der Waals surface area contributed by atoms with Gasteiger partial charge < -0.3 is 0 Å². The van der Waals surface area contributed by atoms with Crippen molar-refractivity contribution in [1.82, 2.24) is 15.0 Å². The van der Waals surface area contributed by atoms with E-state index in [1.165, 1.54) is 12.3 Å². The molecule has 1 N–H and O–H groups in total. The summed E-state index contributed by atoms with van der Waals surface area (Å²) in [4.78, 5) is 22.1. The third kappa shape index (κ3) is 2.57. The molecule has 0 saturated carbocycles. The maximum atomic E-state index is 13.3. The smallest absolute Gasteiger partial charge is 0.261 e. The molecule has 2 heterocycles. The highest BCUT2D eigenvalue weighted by molar-refractivity contribution is 6.29. The number of nitrogens with zero attached hydrogens (tertiary/aromatic N) is 3. The lowest BCUT2D eigenvalue weighted by atomic mass is 10.2. The van der Waals surface area contributed by atoms with E-state index in [1.807, 2.05) is 0 Å². The lowest BCUT2D eigenvalue weighted by molar-refractivity contribution is 0.102. The minimum atomic E-state index is -1.35. The fraction of sp³-hybridized carbons (Fsp3) is 0. The molecule has 2 rings (SSSR count). The average molecular weight is 271 g/mol. The first kappa shape index (κ1) is 12.3. The summed E-state index contributed by atoms with van der Waals surface area (Å²) in [6, 6.07) is 2.45. The van der Waals surface area contributed by atoms with Crippen LogP contribution in [0.1, 0.15) is 10.4 Å². The van der Waals surface area contributed by atoms with Crippen molar-refractivity contribution in [1.29, 1.82) is 0 Å². The fourth-order valence-electron chi connectivity index (χ4n) is 1.16. The highest BCUT2D eigenvalue weighted by atomic mass is 35.5. The van der Waals surface area contributed by atoms with Crippen LogP contribution in [0.2, 0.25) is 5.15 Å². The van der Waals surface area contributed by atoms with Crippen LogP contribution in [-0.2, 0) is 0 Å². The van der Waals surface area contributed by atoms with Crippen LogP contribution in [0, 0.1) is 11.8 Å². The van der Waals surface area contributed by atoms with Gasteiger partial charge in [0.1, 0.15) is 5.15 Å². The number of carbonyl (C=O) groups excluding carboxylic acids is 1. The van der Waals surface area contributed by atoms with E-state index in [-0.39, 0.29) is 11.1 Å². The van der Waals surface area contributed by atoms with Gasteiger partial charge in [-0.3, -0.25) is 10.1 Å². The molecule has 0 spiro atoms. The van der Waals surface area contributed by atoms with Crippen LogP contribution in [0.3, 0.4) is 0 Å². The Morgan fingerprint density at radius 3 is 2.67 bits per heavy atom. The molecular weight excluding hydrogens is 266 g/mol. The zero-order valence-electron chi connectivity index (χ0n) is 8.69. The Kier molecular flexibility index (Phi) is 3.42. The second-order valence-electron chi connectivity index (χ2n) is 3.12. The van der Waals surface area contributed by atoms with Crippen molar-refractivity contribution in [2.75, 3.05) is 5.32 Å². The molecule has 0 aliphatic rings. The van der Waals surface area contributed by atoms with E-state index in [9.17, 15) is 13.6 Å². The first-order chi connectivity index (χ1) is 8.58. The molecule has 0 atom stereocenters. The van der Waals surface area contributed by atoms with Crippen LogP contribution in [0.15, 0.2) is 24.5 Å². The largest absolute Gasteiger partial charge is 0.290 e. The van der Waals surface area contributed by atoms with Gasteiger partial charge in [0.25, 0.3) is 5.91 Å². The zero-order chi connectivity index (χ0) is 13.1. The molecule has 8 heteroatoms. The van der Waals surface area contributed by atoms with Gasteiger partial charge in [-0.05, 0) is 12.1 Å². The van der Waals surface area contributed by atoms with Gasteiger partial charge in [-0.1, -0.05) is 11.6 Å². The Bertz CT molecular complexity index is 608. The number of rotatable bonds is 2. The summed E-state index contributed by atoms with van der Waals surface area (Å²) in [6.07, 6.45) is 2.29. The monoisotopic (exact) mass is 270 g/mol. The summed E-state index contributed by atoms with van der Waals surface area (Å²) in [5.74, 6) is -3.69. The standard InChI is InChI=1S/C10H5ClF2N4O/c11-6-2-4-15-10(16-6)17-9(18)5-1-3-14-8(13)7(5)12/h1-4H,(H,15,16,17,18). The summed E-state index contributed by atoms with van der Waals surface area (Å²) in [5, 5.41) is 2.30. The number of hydrogen-bond acceptors (Lipinski definition) is 4. The van der Waals surface area contributed by atoms with Crippen LogP contribution >= 0.6 is 11.6 Å². The van der Waals surface area contributed by atoms with E-state index in [4.69, 9.17) is 11.6 Å². The van der Waals surface area contributed by atoms with Crippen molar-refractivity contribution in [3.63, 3.8) is 0 Å². The molecule has 2 aromatic heterocycles. The molecule has 0 radical (unpaired) electrons. The molecule has 0 fully saturated rings. The molecule has 0 aromatic carbocycles. The summed E-state index contributed by atoms with van der Waals surface area (Å²) in [6.45, 7) is 0. The number of halogens is 3. The average Bonchev–Trinajstić information content (AvgIpc) is 2.32. The number of amides is 1. The number of aromatic nitrogens is 3. The minimum absolute atomic E-state index is 0.107. The molecule has 0 bridgehead atoms. The van der Waals surface area contributed by atoms with Crippen LogP contribution < -0.4 is 5.32 Å². The molecule has 5 nitrogen and oxygen atoms in total. The Morgan fingerprint density at radius 1 is 1.22 bits per heavy atom. The quantitative estimate of drug-likeness (QED) is 0.670. The first-order valence-corrected chi connectivity index (χ1v) is 5.05. The van der Waals surface area contributed by atoms with Crippen molar-refractivity contribution < 1.29 is 13.6 Å². The molecule has 2 aromatic rings. The van der Waals surface area contributed by atoms with E-state index in [0.29, 0.717) is 0 Å². The number of hydrogen-bond donors (Lipinski definition) is 1. The number of anilines is 1. The second-order valence-corrected chi connectivity index (χ2v) is 3.51. The number of pyridine rings is 1. The Balaban J connectivity index is 2.25. The normalized spacial score (nSPS) is 10.2. The van der Waals surface area contributed by atoms with Crippen molar-refractivity contribution in [2.45, 2.75) is 0 Å². The lowest BCUT2D eigenvalue weighted by Crippen LogP contribution is -2.16. The van der Waals surface area contributed by atoms with Gasteiger partial charge in [-0.15, -0.1) is 0 Å². The Hall–Kier alpha value is -2.15. The number of nitrogens with one attached hydrogen (secondary N) is 1. The summed E-state index contributed by atoms with van der Waals surface area (Å²) >= 11 is 5.58. The van der Waals surface area contributed by atoms with Gasteiger partial charge >= 0.3 is 0 Å². The SMILES string of the molecule is O=C(Nc1nccc(Cl)n1)c1ccnc(F)c1F. The van der Waals surface area contributed by atoms with Gasteiger partial charge in [0.05, 0.1) is 5.56 Å². The topological polar surface area (TPSA) is 67.8 Å². The van der Waals surface area contributed by atoms with Crippen molar-refractivity contribution >= 4 is 23.5 Å². The summed E-state index contributed by atoms with van der Waals surface area (Å²) in [7, 11) is 0. The van der Waals surface area contributed by atoms with E-state index in [1.54, 1.807) is 0 Å². The van der Waals surface area contributed by atoms with Crippen LogP contribution in [0.4, 0.5) is 14.7 Å². The molecule has 0 aliphatic carbocycles. The fourth-order valence-corrected chi connectivity index (χ4v) is 1.30.